The van der Waals surface area contributed by atoms with Crippen molar-refractivity contribution in [2.45, 2.75) is 37.8 Å². The zero-order chi connectivity index (χ0) is 16.9. The molecule has 1 aliphatic heterocycles. The van der Waals surface area contributed by atoms with E-state index in [2.05, 4.69) is 26.1 Å². The smallest absolute Gasteiger partial charge is 0.262 e. The summed E-state index contributed by atoms with van der Waals surface area (Å²) >= 11 is 3.31. The van der Waals surface area contributed by atoms with Gasteiger partial charge in [-0.1, -0.05) is 33.9 Å². The minimum Gasteiger partial charge on any atom is -0.337 e. The SMILES string of the molecule is NC1(c2noc(CN3C(=O)c4ccc(Br)cc4C3=O)n2)CCCC1. The van der Waals surface area contributed by atoms with Gasteiger partial charge in [0, 0.05) is 4.47 Å². The van der Waals surface area contributed by atoms with E-state index in [4.69, 9.17) is 10.3 Å². The van der Waals surface area contributed by atoms with Crippen molar-refractivity contribution in [2.75, 3.05) is 0 Å². The van der Waals surface area contributed by atoms with E-state index < -0.39 is 5.54 Å². The van der Waals surface area contributed by atoms with Crippen LogP contribution in [0.3, 0.4) is 0 Å². The van der Waals surface area contributed by atoms with Crippen molar-refractivity contribution in [1.82, 2.24) is 15.0 Å². The standard InChI is InChI=1S/C16H15BrN4O3/c17-9-3-4-10-11(7-9)14(23)21(13(10)22)8-12-19-15(20-24-12)16(18)5-1-2-6-16/h3-4,7H,1-2,5-6,8,18H2. The number of hydrogen-bond donors (Lipinski definition) is 1. The molecule has 124 valence electrons. The normalized spacial score (nSPS) is 19.2. The van der Waals surface area contributed by atoms with E-state index in [9.17, 15) is 9.59 Å². The summed E-state index contributed by atoms with van der Waals surface area (Å²) in [4.78, 5) is 30.3. The first kappa shape index (κ1) is 15.5. The lowest BCUT2D eigenvalue weighted by Crippen LogP contribution is -2.34. The monoisotopic (exact) mass is 390 g/mol. The van der Waals surface area contributed by atoms with Gasteiger partial charge in [-0.3, -0.25) is 14.5 Å². The Balaban J connectivity index is 1.58. The van der Waals surface area contributed by atoms with E-state index >= 15 is 0 Å². The maximum absolute atomic E-state index is 12.5. The molecule has 2 aliphatic rings. The lowest BCUT2D eigenvalue weighted by molar-refractivity contribution is 0.0625. The number of hydrogen-bond acceptors (Lipinski definition) is 6. The summed E-state index contributed by atoms with van der Waals surface area (Å²) in [5.74, 6) is -0.0467. The third-order valence-electron chi connectivity index (χ3n) is 4.64. The Bertz CT molecular complexity index is 842. The van der Waals surface area contributed by atoms with E-state index in [1.54, 1.807) is 18.2 Å². The highest BCUT2D eigenvalue weighted by molar-refractivity contribution is 9.10. The predicted octanol–water partition coefficient (Wildman–Crippen LogP) is 2.36. The fourth-order valence-electron chi connectivity index (χ4n) is 3.29. The van der Waals surface area contributed by atoms with Crippen LogP contribution in [0.5, 0.6) is 0 Å². The molecule has 0 spiro atoms. The predicted molar refractivity (Wildman–Crippen MR) is 87.0 cm³/mol. The number of benzene rings is 1. The molecule has 7 nitrogen and oxygen atoms in total. The summed E-state index contributed by atoms with van der Waals surface area (Å²) in [6.45, 7) is -0.0486. The maximum Gasteiger partial charge on any atom is 0.262 e. The van der Waals surface area contributed by atoms with Gasteiger partial charge < -0.3 is 10.3 Å². The van der Waals surface area contributed by atoms with Crippen LogP contribution in [-0.4, -0.2) is 26.9 Å². The summed E-state index contributed by atoms with van der Waals surface area (Å²) in [6.07, 6.45) is 3.70. The number of imide groups is 1. The molecule has 1 fully saturated rings. The van der Waals surface area contributed by atoms with Gasteiger partial charge in [-0.25, -0.2) is 0 Å². The molecule has 0 radical (unpaired) electrons. The number of fused-ring (bicyclic) bond motifs is 1. The molecular formula is C16H15BrN4O3. The minimum atomic E-state index is -0.561. The van der Waals surface area contributed by atoms with Gasteiger partial charge in [0.25, 0.3) is 11.8 Å². The van der Waals surface area contributed by atoms with Crippen molar-refractivity contribution in [2.24, 2.45) is 5.73 Å². The van der Waals surface area contributed by atoms with Crippen LogP contribution in [0, 0.1) is 0 Å². The number of carbonyl (C=O) groups excluding carboxylic acids is 2. The molecule has 1 aromatic carbocycles. The molecule has 2 N–H and O–H groups in total. The molecule has 0 atom stereocenters. The van der Waals surface area contributed by atoms with Gasteiger partial charge in [0.05, 0.1) is 16.7 Å². The third-order valence-corrected chi connectivity index (χ3v) is 5.13. The Morgan fingerprint density at radius 2 is 1.92 bits per heavy atom. The maximum atomic E-state index is 12.5. The van der Waals surface area contributed by atoms with E-state index in [-0.39, 0.29) is 24.2 Å². The fraction of sp³-hybridized carbons (Fsp3) is 0.375. The highest BCUT2D eigenvalue weighted by atomic mass is 79.9. The van der Waals surface area contributed by atoms with Gasteiger partial charge in [-0.15, -0.1) is 0 Å². The number of aromatic nitrogens is 2. The number of amides is 2. The lowest BCUT2D eigenvalue weighted by Gasteiger charge is -2.17. The molecule has 1 saturated carbocycles. The van der Waals surface area contributed by atoms with Crippen molar-refractivity contribution < 1.29 is 14.1 Å². The van der Waals surface area contributed by atoms with Crippen LogP contribution >= 0.6 is 15.9 Å². The quantitative estimate of drug-likeness (QED) is 0.806. The van der Waals surface area contributed by atoms with Gasteiger partial charge in [0.2, 0.25) is 5.89 Å². The summed E-state index contributed by atoms with van der Waals surface area (Å²) in [5.41, 5.74) is 6.50. The molecular weight excluding hydrogens is 376 g/mol. The number of nitrogens with two attached hydrogens (primary N) is 1. The van der Waals surface area contributed by atoms with Crippen molar-refractivity contribution >= 4 is 27.7 Å². The van der Waals surface area contributed by atoms with E-state index in [0.29, 0.717) is 17.0 Å². The number of carbonyl (C=O) groups is 2. The van der Waals surface area contributed by atoms with Crippen molar-refractivity contribution in [1.29, 1.82) is 0 Å². The van der Waals surface area contributed by atoms with Crippen LogP contribution in [-0.2, 0) is 12.1 Å². The molecule has 0 bridgehead atoms. The van der Waals surface area contributed by atoms with Gasteiger partial charge in [-0.05, 0) is 31.0 Å². The lowest BCUT2D eigenvalue weighted by atomic mass is 9.99. The van der Waals surface area contributed by atoms with Gasteiger partial charge in [-0.2, -0.15) is 4.98 Å². The second kappa shape index (κ2) is 5.49. The highest BCUT2D eigenvalue weighted by Crippen LogP contribution is 2.35. The molecule has 24 heavy (non-hydrogen) atoms. The van der Waals surface area contributed by atoms with Crippen molar-refractivity contribution in [3.05, 3.63) is 45.5 Å². The molecule has 2 amide bonds. The largest absolute Gasteiger partial charge is 0.337 e. The number of rotatable bonds is 3. The first-order chi connectivity index (χ1) is 11.5. The van der Waals surface area contributed by atoms with E-state index in [0.717, 1.165) is 35.1 Å². The number of halogens is 1. The molecule has 2 heterocycles. The Morgan fingerprint density at radius 3 is 2.67 bits per heavy atom. The van der Waals surface area contributed by atoms with E-state index in [1.807, 2.05) is 0 Å². The van der Waals surface area contributed by atoms with Crippen LogP contribution in [0.4, 0.5) is 0 Å². The third kappa shape index (κ3) is 2.37. The number of nitrogens with zero attached hydrogens (tertiary/aromatic N) is 3. The minimum absolute atomic E-state index is 0.0486. The first-order valence-corrected chi connectivity index (χ1v) is 8.55. The molecule has 1 aromatic heterocycles. The molecule has 0 saturated heterocycles. The van der Waals surface area contributed by atoms with Gasteiger partial charge in [0.15, 0.2) is 5.82 Å². The topological polar surface area (TPSA) is 102 Å². The Labute approximate surface area is 146 Å². The first-order valence-electron chi connectivity index (χ1n) is 7.76. The second-order valence-corrected chi connectivity index (χ2v) is 7.18. The van der Waals surface area contributed by atoms with Crippen LogP contribution in [0.2, 0.25) is 0 Å². The van der Waals surface area contributed by atoms with Crippen LogP contribution in [0.15, 0.2) is 27.2 Å². The average molecular weight is 391 g/mol. The van der Waals surface area contributed by atoms with E-state index in [1.165, 1.54) is 0 Å². The van der Waals surface area contributed by atoms with Gasteiger partial charge >= 0.3 is 0 Å². The average Bonchev–Trinajstić information content (AvgIpc) is 3.25. The molecule has 2 aromatic rings. The van der Waals surface area contributed by atoms with Crippen molar-refractivity contribution in [3.8, 4) is 0 Å². The molecule has 8 heteroatoms. The Morgan fingerprint density at radius 1 is 1.21 bits per heavy atom. The van der Waals surface area contributed by atoms with Crippen LogP contribution in [0.25, 0.3) is 0 Å². The fourth-order valence-corrected chi connectivity index (χ4v) is 3.65. The zero-order valence-electron chi connectivity index (χ0n) is 12.8. The zero-order valence-corrected chi connectivity index (χ0v) is 14.4. The Hall–Kier alpha value is -2.06. The Kier molecular flexibility index (Phi) is 3.54. The van der Waals surface area contributed by atoms with Crippen LogP contribution < -0.4 is 5.73 Å². The van der Waals surface area contributed by atoms with Gasteiger partial charge in [0.1, 0.15) is 6.54 Å². The second-order valence-electron chi connectivity index (χ2n) is 6.26. The summed E-state index contributed by atoms with van der Waals surface area (Å²) in [7, 11) is 0. The summed E-state index contributed by atoms with van der Waals surface area (Å²) in [5, 5.41) is 3.96. The molecule has 0 unspecified atom stereocenters. The summed E-state index contributed by atoms with van der Waals surface area (Å²) < 4.78 is 5.97. The van der Waals surface area contributed by atoms with Crippen molar-refractivity contribution in [3.63, 3.8) is 0 Å². The highest BCUT2D eigenvalue weighted by Gasteiger charge is 2.39. The van der Waals surface area contributed by atoms with Crippen LogP contribution in [0.1, 0.15) is 58.1 Å². The molecule has 4 rings (SSSR count). The summed E-state index contributed by atoms with van der Waals surface area (Å²) in [6, 6.07) is 5.01. The molecule has 1 aliphatic carbocycles.